The molecular formula is C16H23N5. The van der Waals surface area contributed by atoms with Crippen LogP contribution in [-0.2, 0) is 6.54 Å². The number of nitrogens with one attached hydrogen (secondary N) is 2. The van der Waals surface area contributed by atoms with Gasteiger partial charge in [-0.25, -0.2) is 9.97 Å². The van der Waals surface area contributed by atoms with Crippen LogP contribution in [0.1, 0.15) is 44.5 Å². The van der Waals surface area contributed by atoms with E-state index >= 15 is 0 Å². The molecule has 0 radical (unpaired) electrons. The SMILES string of the molecule is CCCNc1cc(NCc2ccncc2)nc(C(C)C)n1. The topological polar surface area (TPSA) is 62.7 Å². The van der Waals surface area contributed by atoms with Gasteiger partial charge in [0.1, 0.15) is 17.5 Å². The van der Waals surface area contributed by atoms with Crippen molar-refractivity contribution >= 4 is 11.6 Å². The molecule has 5 nitrogen and oxygen atoms in total. The van der Waals surface area contributed by atoms with Gasteiger partial charge in [0.05, 0.1) is 0 Å². The fourth-order valence-electron chi connectivity index (χ4n) is 1.85. The zero-order chi connectivity index (χ0) is 15.1. The van der Waals surface area contributed by atoms with E-state index in [1.54, 1.807) is 12.4 Å². The summed E-state index contributed by atoms with van der Waals surface area (Å²) < 4.78 is 0. The molecule has 0 saturated heterocycles. The summed E-state index contributed by atoms with van der Waals surface area (Å²) in [6, 6.07) is 5.95. The molecule has 2 heterocycles. The zero-order valence-corrected chi connectivity index (χ0v) is 12.9. The van der Waals surface area contributed by atoms with Crippen molar-refractivity contribution < 1.29 is 0 Å². The Hall–Kier alpha value is -2.17. The summed E-state index contributed by atoms with van der Waals surface area (Å²) in [5, 5.41) is 6.68. The van der Waals surface area contributed by atoms with Gasteiger partial charge < -0.3 is 10.6 Å². The van der Waals surface area contributed by atoms with Gasteiger partial charge in [0, 0.05) is 37.5 Å². The number of aromatic nitrogens is 3. The summed E-state index contributed by atoms with van der Waals surface area (Å²) >= 11 is 0. The molecule has 0 aromatic carbocycles. The van der Waals surface area contributed by atoms with Gasteiger partial charge in [-0.2, -0.15) is 0 Å². The lowest BCUT2D eigenvalue weighted by Crippen LogP contribution is -2.09. The molecule has 2 N–H and O–H groups in total. The predicted octanol–water partition coefficient (Wildman–Crippen LogP) is 3.43. The summed E-state index contributed by atoms with van der Waals surface area (Å²) in [5.41, 5.74) is 1.18. The molecule has 21 heavy (non-hydrogen) atoms. The van der Waals surface area contributed by atoms with Gasteiger partial charge in [-0.1, -0.05) is 20.8 Å². The molecule has 0 bridgehead atoms. The van der Waals surface area contributed by atoms with Crippen molar-refractivity contribution in [3.63, 3.8) is 0 Å². The second-order valence-corrected chi connectivity index (χ2v) is 5.29. The number of anilines is 2. The van der Waals surface area contributed by atoms with Gasteiger partial charge in [-0.05, 0) is 24.1 Å². The molecule has 0 amide bonds. The van der Waals surface area contributed by atoms with Crippen molar-refractivity contribution in [2.75, 3.05) is 17.2 Å². The Labute approximate surface area is 126 Å². The van der Waals surface area contributed by atoms with E-state index in [4.69, 9.17) is 0 Å². The van der Waals surface area contributed by atoms with Crippen LogP contribution in [0.4, 0.5) is 11.6 Å². The Morgan fingerprint density at radius 2 is 1.71 bits per heavy atom. The van der Waals surface area contributed by atoms with Gasteiger partial charge >= 0.3 is 0 Å². The van der Waals surface area contributed by atoms with Crippen molar-refractivity contribution in [2.45, 2.75) is 39.7 Å². The molecule has 5 heteroatoms. The molecule has 0 spiro atoms. The van der Waals surface area contributed by atoms with Crippen molar-refractivity contribution in [3.8, 4) is 0 Å². The summed E-state index contributed by atoms with van der Waals surface area (Å²) in [5.74, 6) is 2.89. The number of rotatable bonds is 7. The molecule has 0 fully saturated rings. The van der Waals surface area contributed by atoms with Crippen LogP contribution in [0.2, 0.25) is 0 Å². The standard InChI is InChI=1S/C16H23N5/c1-4-7-18-14-10-15(21-16(20-14)12(2)3)19-11-13-5-8-17-9-6-13/h5-6,8-10,12H,4,7,11H2,1-3H3,(H2,18,19,20,21). The maximum Gasteiger partial charge on any atom is 0.135 e. The highest BCUT2D eigenvalue weighted by Crippen LogP contribution is 2.17. The zero-order valence-electron chi connectivity index (χ0n) is 12.9. The molecule has 0 unspecified atom stereocenters. The van der Waals surface area contributed by atoms with Crippen LogP contribution in [0.25, 0.3) is 0 Å². The van der Waals surface area contributed by atoms with E-state index in [9.17, 15) is 0 Å². The number of hydrogen-bond donors (Lipinski definition) is 2. The first-order valence-electron chi connectivity index (χ1n) is 7.44. The van der Waals surface area contributed by atoms with E-state index < -0.39 is 0 Å². The third-order valence-electron chi connectivity index (χ3n) is 3.04. The van der Waals surface area contributed by atoms with Crippen molar-refractivity contribution in [2.24, 2.45) is 0 Å². The molecule has 2 aromatic heterocycles. The monoisotopic (exact) mass is 285 g/mol. The van der Waals surface area contributed by atoms with E-state index in [0.717, 1.165) is 37.0 Å². The Morgan fingerprint density at radius 3 is 2.33 bits per heavy atom. The third kappa shape index (κ3) is 4.70. The first kappa shape index (κ1) is 15.2. The van der Waals surface area contributed by atoms with E-state index in [2.05, 4.69) is 46.4 Å². The Balaban J connectivity index is 2.11. The smallest absolute Gasteiger partial charge is 0.135 e. The van der Waals surface area contributed by atoms with Crippen LogP contribution in [0.5, 0.6) is 0 Å². The van der Waals surface area contributed by atoms with E-state index in [0.29, 0.717) is 5.92 Å². The Bertz CT molecular complexity index is 554. The first-order valence-corrected chi connectivity index (χ1v) is 7.44. The van der Waals surface area contributed by atoms with E-state index in [1.807, 2.05) is 18.2 Å². The van der Waals surface area contributed by atoms with Crippen molar-refractivity contribution in [1.29, 1.82) is 0 Å². The van der Waals surface area contributed by atoms with Gasteiger partial charge in [-0.3, -0.25) is 4.98 Å². The summed E-state index contributed by atoms with van der Waals surface area (Å²) in [7, 11) is 0. The molecule has 0 saturated carbocycles. The second kappa shape index (κ2) is 7.57. The number of pyridine rings is 1. The highest BCUT2D eigenvalue weighted by Gasteiger charge is 2.07. The van der Waals surface area contributed by atoms with Gasteiger partial charge in [0.25, 0.3) is 0 Å². The molecular weight excluding hydrogens is 262 g/mol. The Morgan fingerprint density at radius 1 is 1.05 bits per heavy atom. The second-order valence-electron chi connectivity index (χ2n) is 5.29. The minimum atomic E-state index is 0.301. The van der Waals surface area contributed by atoms with Crippen LogP contribution < -0.4 is 10.6 Å². The third-order valence-corrected chi connectivity index (χ3v) is 3.04. The predicted molar refractivity (Wildman–Crippen MR) is 86.5 cm³/mol. The summed E-state index contributed by atoms with van der Waals surface area (Å²) in [6.07, 6.45) is 4.66. The van der Waals surface area contributed by atoms with Crippen LogP contribution in [-0.4, -0.2) is 21.5 Å². The van der Waals surface area contributed by atoms with Gasteiger partial charge in [0.15, 0.2) is 0 Å². The molecule has 2 aromatic rings. The minimum Gasteiger partial charge on any atom is -0.370 e. The average Bonchev–Trinajstić information content (AvgIpc) is 2.51. The first-order chi connectivity index (χ1) is 10.2. The number of nitrogens with zero attached hydrogens (tertiary/aromatic N) is 3. The normalized spacial score (nSPS) is 10.7. The number of hydrogen-bond acceptors (Lipinski definition) is 5. The molecule has 112 valence electrons. The molecule has 0 aliphatic rings. The lowest BCUT2D eigenvalue weighted by atomic mass is 10.2. The van der Waals surface area contributed by atoms with Crippen LogP contribution in [0, 0.1) is 0 Å². The molecule has 0 aliphatic carbocycles. The van der Waals surface area contributed by atoms with Crippen LogP contribution >= 0.6 is 0 Å². The van der Waals surface area contributed by atoms with Crippen molar-refractivity contribution in [3.05, 3.63) is 42.0 Å². The lowest BCUT2D eigenvalue weighted by Gasteiger charge is -2.12. The maximum absolute atomic E-state index is 4.58. The summed E-state index contributed by atoms with van der Waals surface area (Å²) in [6.45, 7) is 7.99. The fourth-order valence-corrected chi connectivity index (χ4v) is 1.85. The average molecular weight is 285 g/mol. The molecule has 0 aliphatic heterocycles. The van der Waals surface area contributed by atoms with E-state index in [-0.39, 0.29) is 0 Å². The maximum atomic E-state index is 4.58. The van der Waals surface area contributed by atoms with Gasteiger partial charge in [-0.15, -0.1) is 0 Å². The largest absolute Gasteiger partial charge is 0.370 e. The van der Waals surface area contributed by atoms with Gasteiger partial charge in [0.2, 0.25) is 0 Å². The fraction of sp³-hybridized carbons (Fsp3) is 0.438. The Kier molecular flexibility index (Phi) is 5.49. The quantitative estimate of drug-likeness (QED) is 0.816. The lowest BCUT2D eigenvalue weighted by molar-refractivity contribution is 0.773. The van der Waals surface area contributed by atoms with Crippen LogP contribution in [0.3, 0.4) is 0 Å². The highest BCUT2D eigenvalue weighted by atomic mass is 15.1. The molecule has 2 rings (SSSR count). The molecule has 0 atom stereocenters. The minimum absolute atomic E-state index is 0.301. The highest BCUT2D eigenvalue weighted by molar-refractivity contribution is 5.48. The summed E-state index contributed by atoms with van der Waals surface area (Å²) in [4.78, 5) is 13.2. The van der Waals surface area contributed by atoms with Crippen LogP contribution in [0.15, 0.2) is 30.6 Å². The van der Waals surface area contributed by atoms with E-state index in [1.165, 1.54) is 5.56 Å². The van der Waals surface area contributed by atoms with Crippen molar-refractivity contribution in [1.82, 2.24) is 15.0 Å².